The van der Waals surface area contributed by atoms with Crippen molar-refractivity contribution in [1.29, 1.82) is 0 Å². The second-order valence-electron chi connectivity index (χ2n) is 5.02. The number of nitrogens with two attached hydrogens (primary N) is 1. The van der Waals surface area contributed by atoms with Gasteiger partial charge in [0.2, 0.25) is 0 Å². The molecule has 3 aromatic rings. The molecule has 2 aromatic carbocycles. The molecule has 0 fully saturated rings. The van der Waals surface area contributed by atoms with Crippen molar-refractivity contribution >= 4 is 16.8 Å². The molecule has 22 heavy (non-hydrogen) atoms. The average molecular weight is 301 g/mol. The molecule has 1 amide bonds. The van der Waals surface area contributed by atoms with Crippen LogP contribution < -0.4 is 11.3 Å². The molecule has 3 rings (SSSR count). The Morgan fingerprint density at radius 3 is 2.50 bits per heavy atom. The third-order valence-corrected chi connectivity index (χ3v) is 3.49. The first kappa shape index (κ1) is 14.2. The number of benzene rings is 2. The summed E-state index contributed by atoms with van der Waals surface area (Å²) in [7, 11) is 0. The van der Waals surface area contributed by atoms with Crippen LogP contribution in [0, 0.1) is 18.6 Å². The van der Waals surface area contributed by atoms with Crippen molar-refractivity contribution in [1.82, 2.24) is 10.4 Å². The number of aryl methyl sites for hydroxylation is 1. The van der Waals surface area contributed by atoms with E-state index in [1.54, 1.807) is 13.0 Å². The normalized spacial score (nSPS) is 10.9. The third kappa shape index (κ3) is 2.23. The molecule has 0 atom stereocenters. The highest BCUT2D eigenvalue weighted by Gasteiger charge is 2.21. The van der Waals surface area contributed by atoms with E-state index in [0.29, 0.717) is 22.2 Å². The molecule has 0 unspecified atom stereocenters. The van der Waals surface area contributed by atoms with Crippen LogP contribution in [0.5, 0.6) is 0 Å². The van der Waals surface area contributed by atoms with Gasteiger partial charge < -0.3 is 4.98 Å². The second-order valence-corrected chi connectivity index (χ2v) is 5.02. The zero-order valence-electron chi connectivity index (χ0n) is 11.7. The van der Waals surface area contributed by atoms with E-state index >= 15 is 0 Å². The fourth-order valence-corrected chi connectivity index (χ4v) is 2.53. The van der Waals surface area contributed by atoms with Gasteiger partial charge in [-0.15, -0.1) is 0 Å². The van der Waals surface area contributed by atoms with Gasteiger partial charge >= 0.3 is 0 Å². The van der Waals surface area contributed by atoms with Gasteiger partial charge in [0, 0.05) is 5.39 Å². The Balaban J connectivity index is 2.36. The standard InChI is InChI=1S/C16H13F2N3O/c1-8-6-11-13(16(22)21-19)14(20-15(11)12(18)7-8)9-2-4-10(17)5-3-9/h2-7,20H,19H2,1H3,(H,21,22). The lowest BCUT2D eigenvalue weighted by Gasteiger charge is -2.04. The first-order chi connectivity index (χ1) is 10.5. The van der Waals surface area contributed by atoms with E-state index in [9.17, 15) is 13.6 Å². The largest absolute Gasteiger partial charge is 0.351 e. The van der Waals surface area contributed by atoms with Crippen LogP contribution in [0.25, 0.3) is 22.2 Å². The van der Waals surface area contributed by atoms with Crippen LogP contribution in [0.15, 0.2) is 36.4 Å². The number of hydrogen-bond acceptors (Lipinski definition) is 2. The fourth-order valence-electron chi connectivity index (χ4n) is 2.53. The second kappa shape index (κ2) is 5.23. The van der Waals surface area contributed by atoms with Crippen LogP contribution in [0.1, 0.15) is 15.9 Å². The number of aromatic amines is 1. The summed E-state index contributed by atoms with van der Waals surface area (Å²) < 4.78 is 27.2. The minimum Gasteiger partial charge on any atom is -0.351 e. The minimum absolute atomic E-state index is 0.212. The van der Waals surface area contributed by atoms with Gasteiger partial charge in [-0.05, 0) is 54.4 Å². The van der Waals surface area contributed by atoms with Crippen LogP contribution in [-0.2, 0) is 0 Å². The minimum atomic E-state index is -0.546. The summed E-state index contributed by atoms with van der Waals surface area (Å²) in [6.07, 6.45) is 0. The first-order valence-corrected chi connectivity index (χ1v) is 6.60. The van der Waals surface area contributed by atoms with Crippen LogP contribution in [0.4, 0.5) is 8.78 Å². The van der Waals surface area contributed by atoms with Gasteiger partial charge in [0.1, 0.15) is 11.6 Å². The number of halogens is 2. The summed E-state index contributed by atoms with van der Waals surface area (Å²) in [5, 5.41) is 0.430. The van der Waals surface area contributed by atoms with Crippen LogP contribution in [-0.4, -0.2) is 10.9 Å². The van der Waals surface area contributed by atoms with Gasteiger partial charge in [0.25, 0.3) is 5.91 Å². The first-order valence-electron chi connectivity index (χ1n) is 6.60. The lowest BCUT2D eigenvalue weighted by Crippen LogP contribution is -2.30. The number of fused-ring (bicyclic) bond motifs is 1. The Labute approximate surface area is 124 Å². The third-order valence-electron chi connectivity index (χ3n) is 3.49. The number of carbonyl (C=O) groups excluding carboxylic acids is 1. The molecule has 0 saturated carbocycles. The maximum Gasteiger partial charge on any atom is 0.268 e. The molecule has 0 aliphatic rings. The molecule has 0 saturated heterocycles. The van der Waals surface area contributed by atoms with Crippen LogP contribution in [0.2, 0.25) is 0 Å². The number of H-pyrrole nitrogens is 1. The highest BCUT2D eigenvalue weighted by molar-refractivity contribution is 6.12. The Kier molecular flexibility index (Phi) is 3.38. The topological polar surface area (TPSA) is 70.9 Å². The number of nitrogens with one attached hydrogen (secondary N) is 2. The van der Waals surface area contributed by atoms with E-state index < -0.39 is 17.5 Å². The van der Waals surface area contributed by atoms with Gasteiger partial charge in [-0.1, -0.05) is 0 Å². The number of hydrazine groups is 1. The number of nitrogen functional groups attached to an aromatic ring is 1. The summed E-state index contributed by atoms with van der Waals surface area (Å²) in [5.74, 6) is 3.83. The predicted octanol–water partition coefficient (Wildman–Crippen LogP) is 3.03. The molecule has 6 heteroatoms. The van der Waals surface area contributed by atoms with E-state index in [4.69, 9.17) is 5.84 Å². The quantitative estimate of drug-likeness (QED) is 0.387. The summed E-state index contributed by atoms with van der Waals surface area (Å²) in [6, 6.07) is 8.64. The van der Waals surface area contributed by atoms with E-state index in [2.05, 4.69) is 10.4 Å². The molecule has 4 N–H and O–H groups in total. The van der Waals surface area contributed by atoms with E-state index in [0.717, 1.165) is 0 Å². The molecular weight excluding hydrogens is 288 g/mol. The smallest absolute Gasteiger partial charge is 0.268 e. The molecule has 0 spiro atoms. The van der Waals surface area contributed by atoms with Gasteiger partial charge in [-0.25, -0.2) is 14.6 Å². The van der Waals surface area contributed by atoms with Crippen molar-refractivity contribution in [3.63, 3.8) is 0 Å². The zero-order valence-corrected chi connectivity index (χ0v) is 11.7. The van der Waals surface area contributed by atoms with Crippen molar-refractivity contribution in [2.24, 2.45) is 5.84 Å². The van der Waals surface area contributed by atoms with Crippen molar-refractivity contribution in [2.45, 2.75) is 6.92 Å². The van der Waals surface area contributed by atoms with E-state index in [1.807, 2.05) is 0 Å². The summed E-state index contributed by atoms with van der Waals surface area (Å²) in [6.45, 7) is 1.73. The molecule has 0 aliphatic heterocycles. The number of hydrogen-bond donors (Lipinski definition) is 3. The SMILES string of the molecule is Cc1cc(F)c2[nH]c(-c3ccc(F)cc3)c(C(=O)NN)c2c1. The monoisotopic (exact) mass is 301 g/mol. The number of rotatable bonds is 2. The Morgan fingerprint density at radius 1 is 1.18 bits per heavy atom. The molecule has 1 heterocycles. The number of aromatic nitrogens is 1. The molecule has 0 radical (unpaired) electrons. The maximum atomic E-state index is 14.1. The highest BCUT2D eigenvalue weighted by Crippen LogP contribution is 2.32. The fraction of sp³-hybridized carbons (Fsp3) is 0.0625. The van der Waals surface area contributed by atoms with Crippen molar-refractivity contribution in [3.05, 3.63) is 59.2 Å². The molecule has 4 nitrogen and oxygen atoms in total. The lowest BCUT2D eigenvalue weighted by atomic mass is 10.0. The molecule has 0 bridgehead atoms. The van der Waals surface area contributed by atoms with Crippen molar-refractivity contribution < 1.29 is 13.6 Å². The maximum absolute atomic E-state index is 14.1. The average Bonchev–Trinajstić information content (AvgIpc) is 2.87. The number of amides is 1. The predicted molar refractivity (Wildman–Crippen MR) is 80.0 cm³/mol. The molecule has 1 aromatic heterocycles. The van der Waals surface area contributed by atoms with Gasteiger partial charge in [0.15, 0.2) is 0 Å². The molecular formula is C16H13F2N3O. The molecule has 112 valence electrons. The Bertz CT molecular complexity index is 869. The van der Waals surface area contributed by atoms with Crippen molar-refractivity contribution in [3.8, 4) is 11.3 Å². The van der Waals surface area contributed by atoms with Crippen molar-refractivity contribution in [2.75, 3.05) is 0 Å². The summed E-state index contributed by atoms with van der Waals surface area (Å²) in [5.41, 5.74) is 4.14. The van der Waals surface area contributed by atoms with Gasteiger partial charge in [0.05, 0.1) is 16.8 Å². The summed E-state index contributed by atoms with van der Waals surface area (Å²) >= 11 is 0. The van der Waals surface area contributed by atoms with Crippen LogP contribution >= 0.6 is 0 Å². The van der Waals surface area contributed by atoms with Gasteiger partial charge in [-0.3, -0.25) is 10.2 Å². The van der Waals surface area contributed by atoms with Gasteiger partial charge in [-0.2, -0.15) is 0 Å². The van der Waals surface area contributed by atoms with Crippen LogP contribution in [0.3, 0.4) is 0 Å². The lowest BCUT2D eigenvalue weighted by molar-refractivity contribution is 0.0956. The van der Waals surface area contributed by atoms with E-state index in [-0.39, 0.29) is 11.1 Å². The number of carbonyl (C=O) groups is 1. The molecule has 0 aliphatic carbocycles. The summed E-state index contributed by atoms with van der Waals surface area (Å²) in [4.78, 5) is 15.0. The Morgan fingerprint density at radius 2 is 1.86 bits per heavy atom. The van der Waals surface area contributed by atoms with E-state index in [1.165, 1.54) is 30.3 Å². The zero-order chi connectivity index (χ0) is 15.9. The Hall–Kier alpha value is -2.73. The highest BCUT2D eigenvalue weighted by atomic mass is 19.1.